The number of carbonyl (C=O) groups excluding carboxylic acids is 1. The number of amides is 1. The molecule has 0 saturated heterocycles. The molecule has 0 spiro atoms. The van der Waals surface area contributed by atoms with Crippen LogP contribution in [0.25, 0.3) is 0 Å². The van der Waals surface area contributed by atoms with Crippen molar-refractivity contribution in [2.24, 2.45) is 5.92 Å². The fourth-order valence-electron chi connectivity index (χ4n) is 2.73. The normalized spacial score (nSPS) is 25.6. The van der Waals surface area contributed by atoms with Crippen LogP contribution in [-0.4, -0.2) is 33.1 Å². The average Bonchev–Trinajstić information content (AvgIpc) is 2.35. The van der Waals surface area contributed by atoms with E-state index in [-0.39, 0.29) is 22.9 Å². The van der Waals surface area contributed by atoms with Gasteiger partial charge in [0.1, 0.15) is 10.3 Å². The van der Waals surface area contributed by atoms with Gasteiger partial charge in [-0.1, -0.05) is 6.42 Å². The van der Waals surface area contributed by atoms with Crippen LogP contribution in [0.5, 0.6) is 0 Å². The number of rotatable bonds is 4. The number of ether oxygens (including phenoxy) is 1. The van der Waals surface area contributed by atoms with Gasteiger partial charge in [-0.05, 0) is 73.6 Å². The van der Waals surface area contributed by atoms with E-state index in [1.54, 1.807) is 0 Å². The second-order valence-corrected chi connectivity index (χ2v) is 10.6. The monoisotopic (exact) mass is 346 g/mol. The Bertz CT molecular complexity index is 390. The molecule has 0 radical (unpaired) electrons. The molecular formula is C17H34N2O3S. The highest BCUT2D eigenvalue weighted by Crippen LogP contribution is 2.28. The van der Waals surface area contributed by atoms with Crippen LogP contribution in [0.15, 0.2) is 0 Å². The van der Waals surface area contributed by atoms with Gasteiger partial charge in [0.15, 0.2) is 0 Å². The third kappa shape index (κ3) is 7.77. The Morgan fingerprint density at radius 2 is 1.83 bits per heavy atom. The lowest BCUT2D eigenvalue weighted by molar-refractivity contribution is 0.0481. The highest BCUT2D eigenvalue weighted by molar-refractivity contribution is 7.90. The summed E-state index contributed by atoms with van der Waals surface area (Å²) >= 11 is -1.07. The van der Waals surface area contributed by atoms with E-state index in [9.17, 15) is 9.35 Å². The number of alkyl carbamates (subject to hydrolysis) is 1. The zero-order valence-electron chi connectivity index (χ0n) is 15.7. The van der Waals surface area contributed by atoms with Crippen molar-refractivity contribution in [2.75, 3.05) is 0 Å². The van der Waals surface area contributed by atoms with E-state index in [4.69, 9.17) is 4.74 Å². The summed E-state index contributed by atoms with van der Waals surface area (Å²) in [6, 6.07) is 0.300. The van der Waals surface area contributed by atoms with E-state index < -0.39 is 17.0 Å². The summed E-state index contributed by atoms with van der Waals surface area (Å²) in [6.45, 7) is 13.6. The quantitative estimate of drug-likeness (QED) is 0.764. The zero-order valence-corrected chi connectivity index (χ0v) is 16.5. The van der Waals surface area contributed by atoms with Gasteiger partial charge in [-0.3, -0.25) is 0 Å². The van der Waals surface area contributed by atoms with Crippen molar-refractivity contribution in [3.63, 3.8) is 0 Å². The standard InChI is InChI=1S/C17H34N2O3S/c1-12(19-23(21)17(5,6)7)13-9-8-10-14(11-13)18-15(20)22-16(2,3)4/h12-14,19H,8-11H2,1-7H3,(H,18,20)/t12-,13-,14+,23?/m0/s1. The van der Waals surface area contributed by atoms with Crippen molar-refractivity contribution >= 4 is 17.5 Å². The third-order valence-electron chi connectivity index (χ3n) is 3.99. The van der Waals surface area contributed by atoms with Crippen LogP contribution in [0.3, 0.4) is 0 Å². The number of hydrogen-bond donors (Lipinski definition) is 2. The van der Waals surface area contributed by atoms with Gasteiger partial charge in [-0.2, -0.15) is 0 Å². The summed E-state index contributed by atoms with van der Waals surface area (Å²) in [7, 11) is 0. The maximum Gasteiger partial charge on any atom is 0.407 e. The van der Waals surface area contributed by atoms with Crippen molar-refractivity contribution in [3.8, 4) is 0 Å². The van der Waals surface area contributed by atoms with Crippen molar-refractivity contribution in [2.45, 2.75) is 96.6 Å². The van der Waals surface area contributed by atoms with Crippen LogP contribution in [0.1, 0.15) is 74.1 Å². The maximum absolute atomic E-state index is 12.2. The largest absolute Gasteiger partial charge is 0.598 e. The molecule has 1 amide bonds. The van der Waals surface area contributed by atoms with E-state index in [2.05, 4.69) is 17.0 Å². The number of hydrogen-bond acceptors (Lipinski definition) is 4. The first-order chi connectivity index (χ1) is 10.4. The molecule has 0 aromatic rings. The molecule has 0 aliphatic heterocycles. The Morgan fingerprint density at radius 1 is 1.22 bits per heavy atom. The molecule has 1 saturated carbocycles. The molecule has 23 heavy (non-hydrogen) atoms. The van der Waals surface area contributed by atoms with Crippen LogP contribution < -0.4 is 10.0 Å². The van der Waals surface area contributed by atoms with E-state index >= 15 is 0 Å². The highest BCUT2D eigenvalue weighted by atomic mass is 32.2. The fraction of sp³-hybridized carbons (Fsp3) is 0.941. The maximum atomic E-state index is 12.2. The molecular weight excluding hydrogens is 312 g/mol. The van der Waals surface area contributed by atoms with Crippen molar-refractivity contribution in [3.05, 3.63) is 0 Å². The lowest BCUT2D eigenvalue weighted by Gasteiger charge is -2.35. The molecule has 1 unspecified atom stereocenters. The molecule has 136 valence electrons. The molecule has 4 atom stereocenters. The van der Waals surface area contributed by atoms with Gasteiger partial charge in [0, 0.05) is 17.4 Å². The van der Waals surface area contributed by atoms with Gasteiger partial charge in [0.05, 0.1) is 6.04 Å². The number of nitrogens with one attached hydrogen (secondary N) is 2. The van der Waals surface area contributed by atoms with Crippen LogP contribution >= 0.6 is 0 Å². The van der Waals surface area contributed by atoms with Crippen molar-refractivity contribution < 1.29 is 14.1 Å². The van der Waals surface area contributed by atoms with Crippen molar-refractivity contribution in [1.82, 2.24) is 10.0 Å². The van der Waals surface area contributed by atoms with Crippen LogP contribution in [0, 0.1) is 5.92 Å². The minimum absolute atomic E-state index is 0.135. The van der Waals surface area contributed by atoms with Gasteiger partial charge < -0.3 is 14.6 Å². The Kier molecular flexibility index (Phi) is 7.23. The van der Waals surface area contributed by atoms with Gasteiger partial charge in [0.25, 0.3) is 0 Å². The molecule has 1 aliphatic carbocycles. The Balaban J connectivity index is 2.49. The molecule has 0 heterocycles. The van der Waals surface area contributed by atoms with Crippen LogP contribution in [0.2, 0.25) is 0 Å². The van der Waals surface area contributed by atoms with E-state index in [0.717, 1.165) is 25.7 Å². The summed E-state index contributed by atoms with van der Waals surface area (Å²) in [4.78, 5) is 11.9. The molecule has 0 bridgehead atoms. The highest BCUT2D eigenvalue weighted by Gasteiger charge is 2.33. The molecule has 1 rings (SSSR count). The summed E-state index contributed by atoms with van der Waals surface area (Å²) < 4.78 is 20.5. The predicted molar refractivity (Wildman–Crippen MR) is 95.6 cm³/mol. The first kappa shape index (κ1) is 20.6. The Morgan fingerprint density at radius 3 is 2.35 bits per heavy atom. The first-order valence-electron chi connectivity index (χ1n) is 8.56. The lowest BCUT2D eigenvalue weighted by Crippen LogP contribution is -2.49. The third-order valence-corrected chi connectivity index (χ3v) is 5.69. The van der Waals surface area contributed by atoms with E-state index in [0.29, 0.717) is 5.92 Å². The van der Waals surface area contributed by atoms with Gasteiger partial charge >= 0.3 is 6.09 Å². The predicted octanol–water partition coefficient (Wildman–Crippen LogP) is 3.51. The molecule has 1 fully saturated rings. The second kappa shape index (κ2) is 8.08. The topological polar surface area (TPSA) is 73.4 Å². The summed E-state index contributed by atoms with van der Waals surface area (Å²) in [5.41, 5.74) is -0.476. The Labute approximate surface area is 144 Å². The van der Waals surface area contributed by atoms with Crippen LogP contribution in [0.4, 0.5) is 4.79 Å². The minimum atomic E-state index is -1.07. The molecule has 6 heteroatoms. The molecule has 0 aromatic carbocycles. The Hall–Kier alpha value is -0.460. The average molecular weight is 347 g/mol. The SMILES string of the molecule is C[C@H](N[S+]([O-])C(C)(C)C)[C@H]1CCC[C@@H](NC(=O)OC(C)(C)C)C1. The minimum Gasteiger partial charge on any atom is -0.598 e. The van der Waals surface area contributed by atoms with Crippen molar-refractivity contribution in [1.29, 1.82) is 0 Å². The molecule has 0 aromatic heterocycles. The summed E-state index contributed by atoms with van der Waals surface area (Å²) in [5.74, 6) is 0.412. The molecule has 2 N–H and O–H groups in total. The smallest absolute Gasteiger partial charge is 0.407 e. The van der Waals surface area contributed by atoms with Gasteiger partial charge in [0.2, 0.25) is 0 Å². The van der Waals surface area contributed by atoms with E-state index in [1.807, 2.05) is 41.5 Å². The van der Waals surface area contributed by atoms with Crippen LogP contribution in [-0.2, 0) is 16.1 Å². The lowest BCUT2D eigenvalue weighted by atomic mass is 9.82. The fourth-order valence-corrected chi connectivity index (χ4v) is 3.61. The van der Waals surface area contributed by atoms with Gasteiger partial charge in [-0.15, -0.1) is 4.72 Å². The summed E-state index contributed by atoms with van der Waals surface area (Å²) in [5, 5.41) is 2.98. The summed E-state index contributed by atoms with van der Waals surface area (Å²) in [6.07, 6.45) is 3.70. The van der Waals surface area contributed by atoms with E-state index in [1.165, 1.54) is 0 Å². The molecule has 1 aliphatic rings. The number of carbonyl (C=O) groups is 1. The molecule has 5 nitrogen and oxygen atoms in total. The second-order valence-electron chi connectivity index (χ2n) is 8.56. The zero-order chi connectivity index (χ0) is 17.8. The first-order valence-corrected chi connectivity index (χ1v) is 9.71. The van der Waals surface area contributed by atoms with Gasteiger partial charge in [-0.25, -0.2) is 4.79 Å².